The largest absolute Gasteiger partial charge is 0.276 e. The van der Waals surface area contributed by atoms with Gasteiger partial charge in [0.1, 0.15) is 6.33 Å². The minimum Gasteiger partial charge on any atom is -0.276 e. The lowest BCUT2D eigenvalue weighted by Gasteiger charge is -2.29. The van der Waals surface area contributed by atoms with Crippen LogP contribution in [0, 0.1) is 11.3 Å². The molecular formula is C18H24N2O. The summed E-state index contributed by atoms with van der Waals surface area (Å²) in [6.45, 7) is 8.50. The number of carbonyl (C=O) groups excluding carboxylic acids is 1. The molecule has 0 spiro atoms. The van der Waals surface area contributed by atoms with E-state index in [0.29, 0.717) is 0 Å². The lowest BCUT2D eigenvalue weighted by molar-refractivity contribution is 0.0724. The van der Waals surface area contributed by atoms with E-state index in [1.807, 2.05) is 0 Å². The van der Waals surface area contributed by atoms with Crippen molar-refractivity contribution in [3.8, 4) is 0 Å². The second kappa shape index (κ2) is 6.25. The lowest BCUT2D eigenvalue weighted by Crippen LogP contribution is -2.33. The first-order valence-electron chi connectivity index (χ1n) is 7.52. The summed E-state index contributed by atoms with van der Waals surface area (Å²) < 4.78 is 1.59. The smallest absolute Gasteiger partial charge is 0.235 e. The van der Waals surface area contributed by atoms with E-state index in [-0.39, 0.29) is 17.2 Å². The summed E-state index contributed by atoms with van der Waals surface area (Å²) in [7, 11) is 0. The van der Waals surface area contributed by atoms with Crippen molar-refractivity contribution in [2.24, 2.45) is 11.3 Å². The molecule has 1 aromatic carbocycles. The van der Waals surface area contributed by atoms with Crippen molar-refractivity contribution in [1.29, 1.82) is 0 Å². The second-order valence-corrected chi connectivity index (χ2v) is 6.60. The van der Waals surface area contributed by atoms with Crippen LogP contribution >= 0.6 is 0 Å². The van der Waals surface area contributed by atoms with Crippen molar-refractivity contribution in [2.45, 2.75) is 40.5 Å². The van der Waals surface area contributed by atoms with E-state index < -0.39 is 0 Å². The molecule has 3 nitrogen and oxygen atoms in total. The molecule has 0 bridgehead atoms. The Hall–Kier alpha value is -1.90. The second-order valence-electron chi connectivity index (χ2n) is 6.60. The summed E-state index contributed by atoms with van der Waals surface area (Å²) >= 11 is 0. The van der Waals surface area contributed by atoms with Crippen LogP contribution in [-0.2, 0) is 12.8 Å². The highest BCUT2D eigenvalue weighted by molar-refractivity contribution is 5.82. The summed E-state index contributed by atoms with van der Waals surface area (Å²) in [6, 6.07) is 8.57. The van der Waals surface area contributed by atoms with Crippen LogP contribution in [0.4, 0.5) is 0 Å². The predicted molar refractivity (Wildman–Crippen MR) is 85.3 cm³/mol. The normalized spacial score (nSPS) is 13.1. The Labute approximate surface area is 127 Å². The fourth-order valence-electron chi connectivity index (χ4n) is 2.48. The van der Waals surface area contributed by atoms with Gasteiger partial charge in [-0.25, -0.2) is 4.98 Å². The molecule has 1 unspecified atom stereocenters. The van der Waals surface area contributed by atoms with Gasteiger partial charge in [-0.1, -0.05) is 52.0 Å². The van der Waals surface area contributed by atoms with Gasteiger partial charge >= 0.3 is 0 Å². The van der Waals surface area contributed by atoms with E-state index in [1.54, 1.807) is 23.3 Å². The van der Waals surface area contributed by atoms with Crippen molar-refractivity contribution < 1.29 is 4.79 Å². The Kier molecular flexibility index (Phi) is 4.61. The first-order valence-corrected chi connectivity index (χ1v) is 7.52. The van der Waals surface area contributed by atoms with Crippen LogP contribution in [0.2, 0.25) is 0 Å². The molecule has 21 heavy (non-hydrogen) atoms. The van der Waals surface area contributed by atoms with Crippen molar-refractivity contribution >= 4 is 5.91 Å². The Morgan fingerprint density at radius 1 is 1.19 bits per heavy atom. The van der Waals surface area contributed by atoms with Crippen LogP contribution in [0.25, 0.3) is 0 Å². The minimum absolute atomic E-state index is 0.0702. The van der Waals surface area contributed by atoms with Gasteiger partial charge in [0.05, 0.1) is 0 Å². The quantitative estimate of drug-likeness (QED) is 0.851. The zero-order valence-electron chi connectivity index (χ0n) is 13.3. The van der Waals surface area contributed by atoms with Gasteiger partial charge in [-0.2, -0.15) is 0 Å². The van der Waals surface area contributed by atoms with E-state index in [9.17, 15) is 4.79 Å². The van der Waals surface area contributed by atoms with Gasteiger partial charge in [0, 0.05) is 18.3 Å². The van der Waals surface area contributed by atoms with Crippen molar-refractivity contribution in [3.63, 3.8) is 0 Å². The number of carbonyl (C=O) groups is 1. The summed E-state index contributed by atoms with van der Waals surface area (Å²) in [5, 5.41) is 0. The molecule has 112 valence electrons. The molecule has 0 radical (unpaired) electrons. The zero-order valence-corrected chi connectivity index (χ0v) is 13.3. The summed E-state index contributed by atoms with van der Waals surface area (Å²) in [6.07, 6.45) is 6.75. The minimum atomic E-state index is -0.0925. The van der Waals surface area contributed by atoms with Crippen molar-refractivity contribution in [3.05, 3.63) is 54.1 Å². The van der Waals surface area contributed by atoms with Gasteiger partial charge < -0.3 is 0 Å². The number of imidazole rings is 1. The topological polar surface area (TPSA) is 34.9 Å². The maximum absolute atomic E-state index is 12.7. The van der Waals surface area contributed by atoms with Crippen molar-refractivity contribution in [1.82, 2.24) is 9.55 Å². The standard InChI is InChI=1S/C18H24N2O/c1-5-14-6-8-15(9-7-14)12-16(18(2,3)4)17(21)20-11-10-19-13-20/h6-11,13,16H,5,12H2,1-4H3. The number of hydrogen-bond donors (Lipinski definition) is 0. The number of aryl methyl sites for hydroxylation is 1. The highest BCUT2D eigenvalue weighted by Crippen LogP contribution is 2.30. The molecule has 0 amide bonds. The number of nitrogens with zero attached hydrogens (tertiary/aromatic N) is 2. The molecule has 1 heterocycles. The first-order chi connectivity index (χ1) is 9.91. The van der Waals surface area contributed by atoms with E-state index in [2.05, 4.69) is 56.9 Å². The molecule has 1 aromatic heterocycles. The van der Waals surface area contributed by atoms with Crippen LogP contribution in [-0.4, -0.2) is 15.5 Å². The fourth-order valence-corrected chi connectivity index (χ4v) is 2.48. The summed E-state index contributed by atoms with van der Waals surface area (Å²) in [4.78, 5) is 16.7. The lowest BCUT2D eigenvalue weighted by atomic mass is 9.76. The molecule has 0 N–H and O–H groups in total. The highest BCUT2D eigenvalue weighted by Gasteiger charge is 2.32. The van der Waals surface area contributed by atoms with Gasteiger partial charge in [-0.15, -0.1) is 0 Å². The maximum Gasteiger partial charge on any atom is 0.235 e. The maximum atomic E-state index is 12.7. The predicted octanol–water partition coefficient (Wildman–Crippen LogP) is 3.99. The molecule has 0 fully saturated rings. The Morgan fingerprint density at radius 3 is 2.29 bits per heavy atom. The molecule has 0 aliphatic heterocycles. The van der Waals surface area contributed by atoms with Crippen molar-refractivity contribution in [2.75, 3.05) is 0 Å². The Morgan fingerprint density at radius 2 is 1.81 bits per heavy atom. The molecule has 0 aliphatic carbocycles. The fraction of sp³-hybridized carbons (Fsp3) is 0.444. The van der Waals surface area contributed by atoms with Gasteiger partial charge in [0.25, 0.3) is 0 Å². The Balaban J connectivity index is 2.22. The van der Waals surface area contributed by atoms with E-state index in [1.165, 1.54) is 11.1 Å². The van der Waals surface area contributed by atoms with Crippen LogP contribution in [0.1, 0.15) is 43.6 Å². The SMILES string of the molecule is CCc1ccc(CC(C(=O)n2ccnc2)C(C)(C)C)cc1. The number of hydrogen-bond acceptors (Lipinski definition) is 2. The number of benzene rings is 1. The first kappa shape index (κ1) is 15.5. The van der Waals surface area contributed by atoms with Crippen LogP contribution in [0.5, 0.6) is 0 Å². The highest BCUT2D eigenvalue weighted by atomic mass is 16.2. The van der Waals surface area contributed by atoms with E-state index >= 15 is 0 Å². The number of aromatic nitrogens is 2. The molecule has 1 atom stereocenters. The number of rotatable bonds is 4. The molecule has 0 saturated heterocycles. The molecular weight excluding hydrogens is 260 g/mol. The van der Waals surface area contributed by atoms with Gasteiger partial charge in [0.2, 0.25) is 5.91 Å². The van der Waals surface area contributed by atoms with Gasteiger partial charge in [-0.3, -0.25) is 9.36 Å². The summed E-state index contributed by atoms with van der Waals surface area (Å²) in [5.74, 6) is 0.0405. The average molecular weight is 284 g/mol. The molecule has 3 heteroatoms. The Bertz CT molecular complexity index is 577. The monoisotopic (exact) mass is 284 g/mol. The van der Waals surface area contributed by atoms with Gasteiger partial charge in [-0.05, 0) is 29.4 Å². The molecule has 2 rings (SSSR count). The molecule has 0 saturated carbocycles. The van der Waals surface area contributed by atoms with E-state index in [4.69, 9.17) is 0 Å². The molecule has 2 aromatic rings. The van der Waals surface area contributed by atoms with E-state index in [0.717, 1.165) is 12.8 Å². The van der Waals surface area contributed by atoms with Gasteiger partial charge in [0.15, 0.2) is 0 Å². The zero-order chi connectivity index (χ0) is 15.5. The van der Waals surface area contributed by atoms with Crippen LogP contribution < -0.4 is 0 Å². The summed E-state index contributed by atoms with van der Waals surface area (Å²) in [5.41, 5.74) is 2.44. The van der Waals surface area contributed by atoms with Crippen LogP contribution in [0.3, 0.4) is 0 Å². The third-order valence-electron chi connectivity index (χ3n) is 3.97. The third-order valence-corrected chi connectivity index (χ3v) is 3.97. The third kappa shape index (κ3) is 3.81. The average Bonchev–Trinajstić information content (AvgIpc) is 2.97. The molecule has 0 aliphatic rings. The van der Waals surface area contributed by atoms with Crippen LogP contribution in [0.15, 0.2) is 43.0 Å².